The third kappa shape index (κ3) is 4.56. The van der Waals surface area contributed by atoms with Crippen molar-refractivity contribution >= 4 is 17.5 Å². The zero-order chi connectivity index (χ0) is 13.3. The maximum atomic E-state index is 5.00. The molecule has 0 aliphatic rings. The van der Waals surface area contributed by atoms with Gasteiger partial charge in [-0.05, 0) is 24.6 Å². The monoisotopic (exact) mass is 258 g/mol. The van der Waals surface area contributed by atoms with Gasteiger partial charge in [0.2, 0.25) is 5.95 Å². The fourth-order valence-electron chi connectivity index (χ4n) is 1.60. The largest absolute Gasteiger partial charge is 0.385 e. The number of aromatic nitrogens is 2. The van der Waals surface area contributed by atoms with Gasteiger partial charge in [0, 0.05) is 32.1 Å². The third-order valence-electron chi connectivity index (χ3n) is 2.52. The zero-order valence-electron chi connectivity index (χ0n) is 11.0. The predicted molar refractivity (Wildman–Crippen MR) is 76.7 cm³/mol. The Bertz CT molecular complexity index is 490. The van der Waals surface area contributed by atoms with Crippen LogP contribution in [0.1, 0.15) is 6.42 Å². The van der Waals surface area contributed by atoms with Crippen LogP contribution >= 0.6 is 0 Å². The van der Waals surface area contributed by atoms with Crippen LogP contribution in [0.4, 0.5) is 17.5 Å². The quantitative estimate of drug-likeness (QED) is 0.748. The SMILES string of the molecule is COCCCNc1ccnc(Nc2ccccc2)n1. The average molecular weight is 258 g/mol. The summed E-state index contributed by atoms with van der Waals surface area (Å²) >= 11 is 0. The second-order valence-corrected chi connectivity index (χ2v) is 4.03. The van der Waals surface area contributed by atoms with E-state index >= 15 is 0 Å². The topological polar surface area (TPSA) is 59.1 Å². The number of nitrogens with one attached hydrogen (secondary N) is 2. The number of ether oxygens (including phenoxy) is 1. The van der Waals surface area contributed by atoms with Gasteiger partial charge in [-0.15, -0.1) is 0 Å². The van der Waals surface area contributed by atoms with Gasteiger partial charge >= 0.3 is 0 Å². The molecule has 0 amide bonds. The van der Waals surface area contributed by atoms with Crippen LogP contribution in [0, 0.1) is 0 Å². The second-order valence-electron chi connectivity index (χ2n) is 4.03. The summed E-state index contributed by atoms with van der Waals surface area (Å²) in [6.07, 6.45) is 2.68. The fraction of sp³-hybridized carbons (Fsp3) is 0.286. The molecule has 0 bridgehead atoms. The molecule has 100 valence electrons. The minimum Gasteiger partial charge on any atom is -0.385 e. The lowest BCUT2D eigenvalue weighted by atomic mass is 10.3. The van der Waals surface area contributed by atoms with E-state index in [-0.39, 0.29) is 0 Å². The van der Waals surface area contributed by atoms with Crippen LogP contribution in [-0.2, 0) is 4.74 Å². The minimum atomic E-state index is 0.586. The predicted octanol–water partition coefficient (Wildman–Crippen LogP) is 2.67. The van der Waals surface area contributed by atoms with Crippen molar-refractivity contribution in [1.82, 2.24) is 9.97 Å². The van der Waals surface area contributed by atoms with Gasteiger partial charge in [0.05, 0.1) is 0 Å². The fourth-order valence-corrected chi connectivity index (χ4v) is 1.60. The molecule has 1 aromatic carbocycles. The number of hydrogen-bond acceptors (Lipinski definition) is 5. The Morgan fingerprint density at radius 2 is 2.00 bits per heavy atom. The third-order valence-corrected chi connectivity index (χ3v) is 2.52. The number of nitrogens with zero attached hydrogens (tertiary/aromatic N) is 2. The summed E-state index contributed by atoms with van der Waals surface area (Å²) in [4.78, 5) is 8.58. The Hall–Kier alpha value is -2.14. The standard InChI is InChI=1S/C14H18N4O/c1-19-11-5-9-15-13-8-10-16-14(18-13)17-12-6-3-2-4-7-12/h2-4,6-8,10H,5,9,11H2,1H3,(H2,15,16,17,18). The highest BCUT2D eigenvalue weighted by molar-refractivity contribution is 5.54. The molecule has 0 fully saturated rings. The molecule has 5 heteroatoms. The zero-order valence-corrected chi connectivity index (χ0v) is 11.0. The molecule has 1 aromatic heterocycles. The summed E-state index contributed by atoms with van der Waals surface area (Å²) in [5.41, 5.74) is 0.971. The van der Waals surface area contributed by atoms with Crippen LogP contribution in [0.3, 0.4) is 0 Å². The van der Waals surface area contributed by atoms with Crippen molar-refractivity contribution in [3.63, 3.8) is 0 Å². The molecule has 0 saturated carbocycles. The first kappa shape index (κ1) is 13.3. The molecule has 0 atom stereocenters. The molecule has 0 radical (unpaired) electrons. The molecule has 0 spiro atoms. The number of methoxy groups -OCH3 is 1. The number of rotatable bonds is 7. The molecule has 1 heterocycles. The molecular formula is C14H18N4O. The second kappa shape index (κ2) is 7.33. The first-order valence-electron chi connectivity index (χ1n) is 6.26. The lowest BCUT2D eigenvalue weighted by Gasteiger charge is -2.08. The highest BCUT2D eigenvalue weighted by Gasteiger charge is 1.99. The number of anilines is 3. The van der Waals surface area contributed by atoms with E-state index in [9.17, 15) is 0 Å². The van der Waals surface area contributed by atoms with Crippen molar-refractivity contribution in [2.45, 2.75) is 6.42 Å². The summed E-state index contributed by atoms with van der Waals surface area (Å²) in [6, 6.07) is 11.7. The van der Waals surface area contributed by atoms with Crippen LogP contribution < -0.4 is 10.6 Å². The summed E-state index contributed by atoms with van der Waals surface area (Å²) in [7, 11) is 1.70. The van der Waals surface area contributed by atoms with Crippen LogP contribution in [0.15, 0.2) is 42.6 Å². The van der Waals surface area contributed by atoms with Crippen LogP contribution in [0.2, 0.25) is 0 Å². The van der Waals surface area contributed by atoms with Gasteiger partial charge in [0.25, 0.3) is 0 Å². The Morgan fingerprint density at radius 3 is 2.79 bits per heavy atom. The number of para-hydroxylation sites is 1. The highest BCUT2D eigenvalue weighted by atomic mass is 16.5. The molecule has 19 heavy (non-hydrogen) atoms. The van der Waals surface area contributed by atoms with Crippen molar-refractivity contribution in [3.8, 4) is 0 Å². The first-order valence-corrected chi connectivity index (χ1v) is 6.26. The van der Waals surface area contributed by atoms with Crippen molar-refractivity contribution in [1.29, 1.82) is 0 Å². The summed E-state index contributed by atoms with van der Waals surface area (Å²) < 4.78 is 5.00. The van der Waals surface area contributed by atoms with E-state index in [2.05, 4.69) is 20.6 Å². The van der Waals surface area contributed by atoms with E-state index in [1.165, 1.54) is 0 Å². The van der Waals surface area contributed by atoms with E-state index in [0.717, 1.165) is 31.1 Å². The van der Waals surface area contributed by atoms with Gasteiger partial charge in [-0.25, -0.2) is 4.98 Å². The molecule has 2 N–H and O–H groups in total. The molecule has 0 unspecified atom stereocenters. The van der Waals surface area contributed by atoms with E-state index in [1.54, 1.807) is 13.3 Å². The molecule has 2 rings (SSSR count). The van der Waals surface area contributed by atoms with Crippen LogP contribution in [-0.4, -0.2) is 30.2 Å². The molecule has 5 nitrogen and oxygen atoms in total. The van der Waals surface area contributed by atoms with Crippen molar-refractivity contribution in [2.24, 2.45) is 0 Å². The Labute approximate surface area is 113 Å². The minimum absolute atomic E-state index is 0.586. The van der Waals surface area contributed by atoms with Crippen LogP contribution in [0.5, 0.6) is 0 Å². The number of hydrogen-bond donors (Lipinski definition) is 2. The van der Waals surface area contributed by atoms with E-state index in [4.69, 9.17) is 4.74 Å². The molecule has 0 saturated heterocycles. The Kier molecular flexibility index (Phi) is 5.13. The average Bonchev–Trinajstić information content (AvgIpc) is 2.45. The summed E-state index contributed by atoms with van der Waals surface area (Å²) in [5.74, 6) is 1.40. The molecule has 2 aromatic rings. The highest BCUT2D eigenvalue weighted by Crippen LogP contribution is 2.13. The molecule has 0 aliphatic carbocycles. The van der Waals surface area contributed by atoms with Crippen molar-refractivity contribution < 1.29 is 4.74 Å². The van der Waals surface area contributed by atoms with Gasteiger partial charge < -0.3 is 15.4 Å². The smallest absolute Gasteiger partial charge is 0.229 e. The van der Waals surface area contributed by atoms with Gasteiger partial charge in [0.15, 0.2) is 0 Å². The van der Waals surface area contributed by atoms with Crippen LogP contribution in [0.25, 0.3) is 0 Å². The molecule has 0 aliphatic heterocycles. The van der Waals surface area contributed by atoms with Gasteiger partial charge in [-0.1, -0.05) is 18.2 Å². The lowest BCUT2D eigenvalue weighted by molar-refractivity contribution is 0.198. The van der Waals surface area contributed by atoms with Gasteiger partial charge in [-0.2, -0.15) is 4.98 Å². The van der Waals surface area contributed by atoms with Gasteiger partial charge in [0.1, 0.15) is 5.82 Å². The normalized spacial score (nSPS) is 10.2. The summed E-state index contributed by atoms with van der Waals surface area (Å²) in [6.45, 7) is 1.57. The van der Waals surface area contributed by atoms with E-state index < -0.39 is 0 Å². The van der Waals surface area contributed by atoms with E-state index in [0.29, 0.717) is 5.95 Å². The van der Waals surface area contributed by atoms with E-state index in [1.807, 2.05) is 36.4 Å². The van der Waals surface area contributed by atoms with Crippen molar-refractivity contribution in [2.75, 3.05) is 30.9 Å². The Balaban J connectivity index is 1.91. The first-order chi connectivity index (χ1) is 9.38. The van der Waals surface area contributed by atoms with Gasteiger partial charge in [-0.3, -0.25) is 0 Å². The Morgan fingerprint density at radius 1 is 1.16 bits per heavy atom. The number of benzene rings is 1. The maximum Gasteiger partial charge on any atom is 0.229 e. The molecular weight excluding hydrogens is 240 g/mol. The summed E-state index contributed by atoms with van der Waals surface area (Å²) in [5, 5.41) is 6.39. The maximum absolute atomic E-state index is 5.00. The van der Waals surface area contributed by atoms with Crippen molar-refractivity contribution in [3.05, 3.63) is 42.6 Å². The lowest BCUT2D eigenvalue weighted by Crippen LogP contribution is -2.07.